The highest BCUT2D eigenvalue weighted by Gasteiger charge is 2.41. The van der Waals surface area contributed by atoms with Crippen LogP contribution in [0.1, 0.15) is 39.5 Å². The van der Waals surface area contributed by atoms with Crippen LogP contribution < -0.4 is 0 Å². The summed E-state index contributed by atoms with van der Waals surface area (Å²) in [4.78, 5) is 0. The van der Waals surface area contributed by atoms with Gasteiger partial charge >= 0.3 is 0 Å². The van der Waals surface area contributed by atoms with Gasteiger partial charge in [0.1, 0.15) is 0 Å². The Morgan fingerprint density at radius 2 is 1.86 bits per heavy atom. The lowest BCUT2D eigenvalue weighted by atomic mass is 9.99. The zero-order valence-corrected chi connectivity index (χ0v) is 10.9. The lowest BCUT2D eigenvalue weighted by Gasteiger charge is -2.15. The molecule has 0 aromatic carbocycles. The van der Waals surface area contributed by atoms with Gasteiger partial charge < -0.3 is 4.43 Å². The molecule has 2 aliphatic carbocycles. The summed E-state index contributed by atoms with van der Waals surface area (Å²) in [6.07, 6.45) is 8.16. The van der Waals surface area contributed by atoms with Crippen molar-refractivity contribution in [3.8, 4) is 0 Å². The van der Waals surface area contributed by atoms with Gasteiger partial charge in [-0.15, -0.1) is 0 Å². The van der Waals surface area contributed by atoms with Crippen molar-refractivity contribution in [3.63, 3.8) is 0 Å². The van der Waals surface area contributed by atoms with Crippen LogP contribution in [-0.4, -0.2) is 16.4 Å². The number of allylic oxidation sites excluding steroid dienone is 2. The predicted molar refractivity (Wildman–Crippen MR) is 62.9 cm³/mol. The molecule has 0 aromatic rings. The Morgan fingerprint density at radius 1 is 1.29 bits per heavy atom. The van der Waals surface area contributed by atoms with E-state index in [-0.39, 0.29) is 9.76 Å². The first-order chi connectivity index (χ1) is 6.81. The highest BCUT2D eigenvalue weighted by molar-refractivity contribution is 6.37. The van der Waals surface area contributed by atoms with Crippen molar-refractivity contribution >= 4 is 9.76 Å². The predicted octanol–water partition coefficient (Wildman–Crippen LogP) is 2.45. The SMILES string of the molecule is C/C=C(\C)[SiH2]OCC1C2CCC1CC2. The summed E-state index contributed by atoms with van der Waals surface area (Å²) in [7, 11) is -0.354. The van der Waals surface area contributed by atoms with Gasteiger partial charge in [-0.3, -0.25) is 0 Å². The minimum absolute atomic E-state index is 0.354. The summed E-state index contributed by atoms with van der Waals surface area (Å²) in [5, 5.41) is 1.50. The maximum absolute atomic E-state index is 5.92. The summed E-state index contributed by atoms with van der Waals surface area (Å²) in [6.45, 7) is 5.40. The van der Waals surface area contributed by atoms with Crippen LogP contribution in [0.25, 0.3) is 0 Å². The van der Waals surface area contributed by atoms with E-state index in [1.165, 1.54) is 30.9 Å². The molecule has 2 saturated carbocycles. The molecule has 0 saturated heterocycles. The molecule has 0 amide bonds. The lowest BCUT2D eigenvalue weighted by molar-refractivity contribution is 0.222. The van der Waals surface area contributed by atoms with Crippen LogP contribution in [0.2, 0.25) is 0 Å². The van der Waals surface area contributed by atoms with E-state index in [9.17, 15) is 0 Å². The van der Waals surface area contributed by atoms with E-state index in [2.05, 4.69) is 19.9 Å². The van der Waals surface area contributed by atoms with Gasteiger partial charge in [0.25, 0.3) is 0 Å². The second kappa shape index (κ2) is 4.62. The fourth-order valence-corrected chi connectivity index (χ4v) is 3.98. The van der Waals surface area contributed by atoms with E-state index < -0.39 is 0 Å². The van der Waals surface area contributed by atoms with E-state index in [1.54, 1.807) is 0 Å². The Kier molecular flexibility index (Phi) is 3.45. The van der Waals surface area contributed by atoms with Crippen molar-refractivity contribution in [1.82, 2.24) is 0 Å². The average molecular weight is 210 g/mol. The van der Waals surface area contributed by atoms with Gasteiger partial charge in [-0.05, 0) is 57.3 Å². The summed E-state index contributed by atoms with van der Waals surface area (Å²) >= 11 is 0. The number of rotatable bonds is 4. The minimum Gasteiger partial charge on any atom is -0.419 e. The molecule has 0 unspecified atom stereocenters. The van der Waals surface area contributed by atoms with Crippen LogP contribution in [0.15, 0.2) is 11.3 Å². The third-order valence-electron chi connectivity index (χ3n) is 4.16. The van der Waals surface area contributed by atoms with Crippen LogP contribution in [0.4, 0.5) is 0 Å². The van der Waals surface area contributed by atoms with E-state index in [1.807, 2.05) is 0 Å². The maximum atomic E-state index is 5.92. The first kappa shape index (κ1) is 10.4. The minimum atomic E-state index is -0.354. The molecule has 0 heterocycles. The Hall–Kier alpha value is -0.0831. The highest BCUT2D eigenvalue weighted by Crippen LogP contribution is 2.49. The first-order valence-corrected chi connectivity index (χ1v) is 7.29. The molecular formula is C12H22OSi. The highest BCUT2D eigenvalue weighted by atomic mass is 28.2. The van der Waals surface area contributed by atoms with Crippen LogP contribution in [0.5, 0.6) is 0 Å². The number of hydrogen-bond donors (Lipinski definition) is 0. The van der Waals surface area contributed by atoms with Crippen molar-refractivity contribution in [2.45, 2.75) is 39.5 Å². The Balaban J connectivity index is 1.71. The fourth-order valence-electron chi connectivity index (χ4n) is 3.10. The summed E-state index contributed by atoms with van der Waals surface area (Å²) < 4.78 is 5.92. The molecule has 0 radical (unpaired) electrons. The maximum Gasteiger partial charge on any atom is 0.187 e. The van der Waals surface area contributed by atoms with Gasteiger partial charge in [0.2, 0.25) is 0 Å². The molecule has 2 aliphatic rings. The average Bonchev–Trinajstić information content (AvgIpc) is 2.77. The molecule has 2 bridgehead atoms. The van der Waals surface area contributed by atoms with Crippen LogP contribution in [0.3, 0.4) is 0 Å². The summed E-state index contributed by atoms with van der Waals surface area (Å²) in [5.41, 5.74) is 0. The molecule has 0 aromatic heterocycles. The third-order valence-corrected chi connectivity index (χ3v) is 5.46. The van der Waals surface area contributed by atoms with Gasteiger partial charge in [-0.1, -0.05) is 11.3 Å². The molecule has 14 heavy (non-hydrogen) atoms. The summed E-state index contributed by atoms with van der Waals surface area (Å²) in [5.74, 6) is 2.99. The second-order valence-corrected chi connectivity index (χ2v) is 6.80. The van der Waals surface area contributed by atoms with Crippen LogP contribution in [-0.2, 0) is 4.43 Å². The molecule has 0 aliphatic heterocycles. The largest absolute Gasteiger partial charge is 0.419 e. The molecule has 0 N–H and O–H groups in total. The fraction of sp³-hybridized carbons (Fsp3) is 0.833. The normalized spacial score (nSPS) is 37.6. The van der Waals surface area contributed by atoms with Gasteiger partial charge in [-0.2, -0.15) is 0 Å². The quantitative estimate of drug-likeness (QED) is 0.648. The molecule has 1 nitrogen and oxygen atoms in total. The van der Waals surface area contributed by atoms with Crippen molar-refractivity contribution in [3.05, 3.63) is 11.3 Å². The number of fused-ring (bicyclic) bond motifs is 2. The second-order valence-electron chi connectivity index (χ2n) is 4.99. The van der Waals surface area contributed by atoms with E-state index in [0.717, 1.165) is 24.4 Å². The van der Waals surface area contributed by atoms with Gasteiger partial charge in [0.15, 0.2) is 9.76 Å². The molecule has 0 atom stereocenters. The van der Waals surface area contributed by atoms with E-state index >= 15 is 0 Å². The Bertz CT molecular complexity index is 204. The molecule has 0 spiro atoms. The van der Waals surface area contributed by atoms with Crippen LogP contribution >= 0.6 is 0 Å². The van der Waals surface area contributed by atoms with E-state index in [0.29, 0.717) is 0 Å². The zero-order valence-electron chi connectivity index (χ0n) is 9.46. The Morgan fingerprint density at radius 3 is 2.36 bits per heavy atom. The molecule has 80 valence electrons. The first-order valence-electron chi connectivity index (χ1n) is 6.00. The van der Waals surface area contributed by atoms with Gasteiger partial charge in [0.05, 0.1) is 0 Å². The monoisotopic (exact) mass is 210 g/mol. The standard InChI is InChI=1S/C12H22OSi/c1-3-9(2)14-13-8-12-10-4-5-11(12)7-6-10/h3,10-12H,4-8,14H2,1-2H3/b9-3+. The van der Waals surface area contributed by atoms with Crippen LogP contribution in [0, 0.1) is 17.8 Å². The summed E-state index contributed by atoms with van der Waals surface area (Å²) in [6, 6.07) is 0. The molecular weight excluding hydrogens is 188 g/mol. The number of hydrogen-bond acceptors (Lipinski definition) is 1. The smallest absolute Gasteiger partial charge is 0.187 e. The third kappa shape index (κ3) is 2.11. The molecule has 2 fully saturated rings. The lowest BCUT2D eigenvalue weighted by Crippen LogP contribution is -2.16. The molecule has 2 heteroatoms. The van der Waals surface area contributed by atoms with Crippen molar-refractivity contribution in [2.75, 3.05) is 6.61 Å². The van der Waals surface area contributed by atoms with Crippen molar-refractivity contribution in [2.24, 2.45) is 17.8 Å². The van der Waals surface area contributed by atoms with Crippen molar-refractivity contribution in [1.29, 1.82) is 0 Å². The topological polar surface area (TPSA) is 9.23 Å². The Labute approximate surface area is 89.9 Å². The van der Waals surface area contributed by atoms with Gasteiger partial charge in [-0.25, -0.2) is 0 Å². The van der Waals surface area contributed by atoms with Gasteiger partial charge in [0, 0.05) is 6.61 Å². The van der Waals surface area contributed by atoms with E-state index in [4.69, 9.17) is 4.43 Å². The molecule has 2 rings (SSSR count). The van der Waals surface area contributed by atoms with Crippen molar-refractivity contribution < 1.29 is 4.43 Å². The zero-order chi connectivity index (χ0) is 9.97.